The fourth-order valence-electron chi connectivity index (χ4n) is 2.89. The van der Waals surface area contributed by atoms with E-state index in [1.807, 2.05) is 31.2 Å². The van der Waals surface area contributed by atoms with Gasteiger partial charge in [0.2, 0.25) is 0 Å². The number of anilines is 1. The Morgan fingerprint density at radius 2 is 1.69 bits per heavy atom. The first-order valence-corrected chi connectivity index (χ1v) is 10.5. The molecule has 2 aromatic carbocycles. The molecule has 0 aliphatic heterocycles. The normalized spacial score (nSPS) is 12.4. The Hall–Kier alpha value is -2.33. The van der Waals surface area contributed by atoms with E-state index in [0.717, 1.165) is 11.1 Å². The number of amides is 1. The van der Waals surface area contributed by atoms with E-state index in [2.05, 4.69) is 58.6 Å². The molecular weight excluding hydrogens is 519 g/mol. The van der Waals surface area contributed by atoms with Gasteiger partial charge >= 0.3 is 6.09 Å². The number of aliphatic hydroxyl groups is 1. The van der Waals surface area contributed by atoms with Gasteiger partial charge in [0.25, 0.3) is 0 Å². The minimum absolute atomic E-state index is 0. The van der Waals surface area contributed by atoms with Gasteiger partial charge in [-0.3, -0.25) is 5.32 Å². The molecule has 1 amide bonds. The summed E-state index contributed by atoms with van der Waals surface area (Å²) in [5.74, 6) is 0.629. The fraction of sp³-hybridized carbons (Fsp3) is 0.417. The molecule has 0 radical (unpaired) electrons. The number of hydrogen-bond acceptors (Lipinski definition) is 4. The number of methoxy groups -OCH3 is 1. The van der Waals surface area contributed by atoms with Gasteiger partial charge in [-0.2, -0.15) is 0 Å². The summed E-state index contributed by atoms with van der Waals surface area (Å²) in [6.07, 6.45) is -1.14. The van der Waals surface area contributed by atoms with Crippen molar-refractivity contribution in [2.24, 2.45) is 4.99 Å². The van der Waals surface area contributed by atoms with Gasteiger partial charge in [-0.1, -0.05) is 57.2 Å². The second-order valence-corrected chi connectivity index (χ2v) is 8.28. The SMILES string of the molecule is CCNC(=NCc1ccc(NC(=O)OC)cc1)NCC(O)c1ccc(C(C)(C)C)cc1.I. The summed E-state index contributed by atoms with van der Waals surface area (Å²) in [5, 5.41) is 19.5. The number of hydrogen-bond donors (Lipinski definition) is 4. The Morgan fingerprint density at radius 3 is 2.22 bits per heavy atom. The number of aliphatic hydroxyl groups excluding tert-OH is 1. The van der Waals surface area contributed by atoms with Crippen molar-refractivity contribution in [2.45, 2.75) is 45.8 Å². The molecule has 1 atom stereocenters. The first kappa shape index (κ1) is 27.7. The molecule has 0 fully saturated rings. The quantitative estimate of drug-likeness (QED) is 0.229. The predicted octanol–water partition coefficient (Wildman–Crippen LogP) is 4.57. The number of carbonyl (C=O) groups is 1. The molecule has 4 N–H and O–H groups in total. The van der Waals surface area contributed by atoms with Crippen LogP contribution >= 0.6 is 24.0 Å². The number of nitrogens with zero attached hydrogens (tertiary/aromatic N) is 1. The summed E-state index contributed by atoms with van der Waals surface area (Å²) in [7, 11) is 1.32. The lowest BCUT2D eigenvalue weighted by molar-refractivity contribution is 0.180. The van der Waals surface area contributed by atoms with E-state index in [0.29, 0.717) is 31.3 Å². The number of halogens is 1. The van der Waals surface area contributed by atoms with Crippen LogP contribution in [0.3, 0.4) is 0 Å². The summed E-state index contributed by atoms with van der Waals surface area (Å²) >= 11 is 0. The minimum Gasteiger partial charge on any atom is -0.453 e. The summed E-state index contributed by atoms with van der Waals surface area (Å²) in [6, 6.07) is 15.5. The van der Waals surface area contributed by atoms with E-state index in [-0.39, 0.29) is 29.4 Å². The zero-order chi connectivity index (χ0) is 22.9. The molecule has 0 heterocycles. The first-order chi connectivity index (χ1) is 14.7. The van der Waals surface area contributed by atoms with Crippen LogP contribution in [0.1, 0.15) is 50.5 Å². The van der Waals surface area contributed by atoms with Crippen LogP contribution in [0.4, 0.5) is 10.5 Å². The van der Waals surface area contributed by atoms with E-state index < -0.39 is 12.2 Å². The Labute approximate surface area is 208 Å². The summed E-state index contributed by atoms with van der Waals surface area (Å²) in [5.41, 5.74) is 3.83. The summed E-state index contributed by atoms with van der Waals surface area (Å²) in [4.78, 5) is 15.8. The van der Waals surface area contributed by atoms with Crippen molar-refractivity contribution < 1.29 is 14.6 Å². The van der Waals surface area contributed by atoms with Crippen LogP contribution in [0.5, 0.6) is 0 Å². The highest BCUT2D eigenvalue weighted by molar-refractivity contribution is 14.0. The smallest absolute Gasteiger partial charge is 0.411 e. The average molecular weight is 554 g/mol. The van der Waals surface area contributed by atoms with Crippen molar-refractivity contribution in [3.63, 3.8) is 0 Å². The number of benzene rings is 2. The first-order valence-electron chi connectivity index (χ1n) is 10.5. The van der Waals surface area contributed by atoms with Crippen molar-refractivity contribution in [1.29, 1.82) is 0 Å². The molecular formula is C24H35IN4O3. The van der Waals surface area contributed by atoms with Crippen molar-refractivity contribution >= 4 is 41.7 Å². The number of ether oxygens (including phenoxy) is 1. The van der Waals surface area contributed by atoms with E-state index in [9.17, 15) is 9.90 Å². The maximum Gasteiger partial charge on any atom is 0.411 e. The molecule has 0 saturated carbocycles. The molecule has 2 aromatic rings. The molecule has 0 aliphatic carbocycles. The molecule has 0 spiro atoms. The van der Waals surface area contributed by atoms with E-state index in [1.165, 1.54) is 12.7 Å². The van der Waals surface area contributed by atoms with Gasteiger partial charge in [-0.05, 0) is 41.2 Å². The number of guanidine groups is 1. The largest absolute Gasteiger partial charge is 0.453 e. The van der Waals surface area contributed by atoms with Crippen LogP contribution in [0.15, 0.2) is 53.5 Å². The second kappa shape index (κ2) is 13.3. The second-order valence-electron chi connectivity index (χ2n) is 8.28. The molecule has 32 heavy (non-hydrogen) atoms. The Balaban J connectivity index is 0.00000512. The maximum atomic E-state index is 11.3. The van der Waals surface area contributed by atoms with Gasteiger partial charge in [0.1, 0.15) is 0 Å². The Kier molecular flexibility index (Phi) is 11.5. The number of rotatable bonds is 7. The van der Waals surface area contributed by atoms with E-state index >= 15 is 0 Å². The molecule has 2 rings (SSSR count). The van der Waals surface area contributed by atoms with Crippen LogP contribution in [0.25, 0.3) is 0 Å². The molecule has 8 heteroatoms. The fourth-order valence-corrected chi connectivity index (χ4v) is 2.89. The highest BCUT2D eigenvalue weighted by Gasteiger charge is 2.15. The molecule has 7 nitrogen and oxygen atoms in total. The molecule has 0 bridgehead atoms. The number of carbonyl (C=O) groups excluding carboxylic acids is 1. The zero-order valence-electron chi connectivity index (χ0n) is 19.4. The molecule has 0 aromatic heterocycles. The van der Waals surface area contributed by atoms with Crippen molar-refractivity contribution in [2.75, 3.05) is 25.5 Å². The third kappa shape index (κ3) is 9.04. The van der Waals surface area contributed by atoms with Crippen molar-refractivity contribution in [3.05, 3.63) is 65.2 Å². The molecule has 176 valence electrons. The Bertz CT molecular complexity index is 862. The molecule has 1 unspecified atom stereocenters. The van der Waals surface area contributed by atoms with Gasteiger partial charge < -0.3 is 20.5 Å². The van der Waals surface area contributed by atoms with E-state index in [4.69, 9.17) is 0 Å². The third-order valence-electron chi connectivity index (χ3n) is 4.77. The predicted molar refractivity (Wildman–Crippen MR) is 141 cm³/mol. The lowest BCUT2D eigenvalue weighted by Crippen LogP contribution is -2.39. The minimum atomic E-state index is -0.637. The third-order valence-corrected chi connectivity index (χ3v) is 4.77. The zero-order valence-corrected chi connectivity index (χ0v) is 21.8. The van der Waals surface area contributed by atoms with Crippen LogP contribution in [0, 0.1) is 0 Å². The average Bonchev–Trinajstić information content (AvgIpc) is 2.75. The number of nitrogens with one attached hydrogen (secondary N) is 3. The van der Waals surface area contributed by atoms with Gasteiger partial charge in [0, 0.05) is 18.8 Å². The van der Waals surface area contributed by atoms with E-state index in [1.54, 1.807) is 12.1 Å². The van der Waals surface area contributed by atoms with Gasteiger partial charge in [0.05, 0.1) is 19.8 Å². The van der Waals surface area contributed by atoms with Crippen molar-refractivity contribution in [1.82, 2.24) is 10.6 Å². The molecule has 0 saturated heterocycles. The highest BCUT2D eigenvalue weighted by Crippen LogP contribution is 2.23. The monoisotopic (exact) mass is 554 g/mol. The van der Waals surface area contributed by atoms with Gasteiger partial charge in [-0.15, -0.1) is 24.0 Å². The van der Waals surface area contributed by atoms with Crippen LogP contribution in [-0.4, -0.2) is 37.4 Å². The van der Waals surface area contributed by atoms with Crippen LogP contribution < -0.4 is 16.0 Å². The summed E-state index contributed by atoms with van der Waals surface area (Å²) < 4.78 is 4.58. The topological polar surface area (TPSA) is 95.0 Å². The summed E-state index contributed by atoms with van der Waals surface area (Å²) in [6.45, 7) is 10.0. The van der Waals surface area contributed by atoms with Crippen LogP contribution in [-0.2, 0) is 16.7 Å². The highest BCUT2D eigenvalue weighted by atomic mass is 127. The molecule has 0 aliphatic rings. The van der Waals surface area contributed by atoms with Gasteiger partial charge in [0.15, 0.2) is 5.96 Å². The van der Waals surface area contributed by atoms with Crippen LogP contribution in [0.2, 0.25) is 0 Å². The number of aliphatic imine (C=N–C) groups is 1. The van der Waals surface area contributed by atoms with Gasteiger partial charge in [-0.25, -0.2) is 9.79 Å². The Morgan fingerprint density at radius 1 is 1.06 bits per heavy atom. The standard InChI is InChI=1S/C24H34N4O3.HI/c1-6-25-22(26-15-17-7-13-20(14-8-17)28-23(30)31-5)27-16-21(29)18-9-11-19(12-10-18)24(2,3)4;/h7-14,21,29H,6,15-16H2,1-5H3,(H,28,30)(H2,25,26,27);1H. The lowest BCUT2D eigenvalue weighted by Gasteiger charge is -2.20. The lowest BCUT2D eigenvalue weighted by atomic mass is 9.86. The maximum absolute atomic E-state index is 11.3. The van der Waals surface area contributed by atoms with Crippen molar-refractivity contribution in [3.8, 4) is 0 Å².